The number of amides is 1. The number of fused-ring (bicyclic) bond motifs is 2. The van der Waals surface area contributed by atoms with Crippen LogP contribution in [-0.2, 0) is 35.3 Å². The molecule has 0 aliphatic carbocycles. The molecule has 6 N–H and O–H groups in total. The molecule has 5 heterocycles. The van der Waals surface area contributed by atoms with Crippen molar-refractivity contribution in [2.75, 3.05) is 18.9 Å². The van der Waals surface area contributed by atoms with Crippen LogP contribution < -0.4 is 21.3 Å². The first kappa shape index (κ1) is 35.0. The fraction of sp³-hybridized carbons (Fsp3) is 0.444. The molecule has 2 fully saturated rings. The largest absolute Gasteiger partial charge is 0.444 e. The lowest BCUT2D eigenvalue weighted by atomic mass is 9.96. The van der Waals surface area contributed by atoms with Gasteiger partial charge in [0.05, 0.1) is 47.8 Å². The van der Waals surface area contributed by atoms with Crippen molar-refractivity contribution in [3.63, 3.8) is 0 Å². The van der Waals surface area contributed by atoms with Gasteiger partial charge in [-0.1, -0.05) is 11.6 Å². The van der Waals surface area contributed by atoms with Crippen molar-refractivity contribution in [2.45, 2.75) is 62.5 Å². The molecule has 19 nitrogen and oxygen atoms in total. The van der Waals surface area contributed by atoms with E-state index in [1.54, 1.807) is 10.8 Å². The van der Waals surface area contributed by atoms with Gasteiger partial charge < -0.3 is 30.7 Å². The Bertz CT molecular complexity index is 2080. The molecule has 0 saturated carbocycles. The molecule has 2 aliphatic heterocycles. The van der Waals surface area contributed by atoms with Crippen molar-refractivity contribution >= 4 is 77.6 Å². The number of nitrogens with zero attached hydrogens (tertiary/aromatic N) is 6. The van der Waals surface area contributed by atoms with Crippen LogP contribution >= 0.6 is 27.5 Å². The minimum Gasteiger partial charge on any atom is -0.444 e. The van der Waals surface area contributed by atoms with E-state index in [0.717, 1.165) is 4.57 Å². The van der Waals surface area contributed by atoms with Crippen LogP contribution in [0.4, 0.5) is 10.6 Å². The van der Waals surface area contributed by atoms with Gasteiger partial charge in [-0.3, -0.25) is 22.9 Å². The van der Waals surface area contributed by atoms with E-state index in [4.69, 9.17) is 31.0 Å². The Balaban J connectivity index is 1.03. The molecular formula is C27H29BrClN9O10S. The fourth-order valence-electron chi connectivity index (χ4n) is 5.64. The van der Waals surface area contributed by atoms with Gasteiger partial charge in [-0.15, -0.1) is 0 Å². The quantitative estimate of drug-likeness (QED) is 0.141. The van der Waals surface area contributed by atoms with Gasteiger partial charge in [-0.05, 0) is 47.4 Å². The molecule has 262 valence electrons. The van der Waals surface area contributed by atoms with Gasteiger partial charge in [-0.25, -0.2) is 24.7 Å². The highest BCUT2D eigenvalue weighted by Gasteiger charge is 2.45. The number of aliphatic hydroxyl groups is 2. The number of ether oxygens (including phenoxy) is 2. The number of aliphatic hydroxyl groups excluding tert-OH is 2. The fourth-order valence-corrected chi connectivity index (χ4v) is 6.76. The number of piperidine rings is 1. The Morgan fingerprint density at radius 1 is 1.18 bits per heavy atom. The number of carbonyl (C=O) groups is 2. The molecule has 1 aromatic carbocycles. The number of nitrogen functional groups attached to an aromatic ring is 1. The number of carbonyl (C=O) groups excluding carboxylic acids is 2. The van der Waals surface area contributed by atoms with E-state index >= 15 is 0 Å². The highest BCUT2D eigenvalue weighted by Crippen LogP contribution is 2.32. The Labute approximate surface area is 290 Å². The third-order valence-electron chi connectivity index (χ3n) is 8.03. The van der Waals surface area contributed by atoms with Crippen molar-refractivity contribution in [3.05, 3.63) is 51.0 Å². The van der Waals surface area contributed by atoms with E-state index in [1.165, 1.54) is 29.6 Å². The number of rotatable bonds is 10. The van der Waals surface area contributed by atoms with E-state index in [0.29, 0.717) is 34.4 Å². The van der Waals surface area contributed by atoms with E-state index in [2.05, 4.69) is 41.2 Å². The zero-order valence-electron chi connectivity index (χ0n) is 25.2. The van der Waals surface area contributed by atoms with Gasteiger partial charge in [0, 0.05) is 10.9 Å². The highest BCUT2D eigenvalue weighted by molar-refractivity contribution is 9.10. The standard InChI is InChI=1S/C27H29BrClN9O10S/c28-14-6-16-13(5-15(14)29)25(42)37(10-34-16)7-12(39)4-17-18(2-1-3-31-17)48-27(43)36-49(44,45)46-8-19-21(40)22(41)26(47-19)38-11-35-20-23(30)32-9-33-24(20)38/h5-6,9-11,17-19,21-22,26,31,40-41H,1-4,7-8H2,(H,36,43)(H2,30,32,33)/t17-,18+,19+,21+,22+,26+/m0/s1. The number of anilines is 1. The van der Waals surface area contributed by atoms with E-state index in [9.17, 15) is 33.0 Å². The van der Waals surface area contributed by atoms with Gasteiger partial charge in [-0.2, -0.15) is 13.1 Å². The number of benzene rings is 1. The first-order valence-corrected chi connectivity index (χ1v) is 17.3. The second kappa shape index (κ2) is 14.2. The molecule has 0 unspecified atom stereocenters. The third kappa shape index (κ3) is 7.52. The summed E-state index contributed by atoms with van der Waals surface area (Å²) in [5.41, 5.74) is 6.16. The summed E-state index contributed by atoms with van der Waals surface area (Å²) >= 11 is 9.40. The number of ketones is 1. The number of aromatic nitrogens is 6. The number of imidazole rings is 1. The molecule has 0 radical (unpaired) electrons. The van der Waals surface area contributed by atoms with Crippen molar-refractivity contribution in [3.8, 4) is 0 Å². The van der Waals surface area contributed by atoms with E-state index < -0.39 is 65.2 Å². The van der Waals surface area contributed by atoms with Gasteiger partial charge in [0.25, 0.3) is 5.56 Å². The van der Waals surface area contributed by atoms with Crippen LogP contribution in [0.15, 0.2) is 40.4 Å². The van der Waals surface area contributed by atoms with Crippen LogP contribution in [0.2, 0.25) is 5.02 Å². The van der Waals surface area contributed by atoms with Gasteiger partial charge in [0.1, 0.15) is 36.3 Å². The maximum atomic E-state index is 13.0. The predicted molar refractivity (Wildman–Crippen MR) is 173 cm³/mol. The van der Waals surface area contributed by atoms with Crippen molar-refractivity contribution in [1.29, 1.82) is 0 Å². The maximum Gasteiger partial charge on any atom is 0.423 e. The summed E-state index contributed by atoms with van der Waals surface area (Å²) in [4.78, 5) is 54.7. The Morgan fingerprint density at radius 2 is 1.98 bits per heavy atom. The van der Waals surface area contributed by atoms with Crippen LogP contribution in [0, 0.1) is 0 Å². The first-order chi connectivity index (χ1) is 23.3. The average Bonchev–Trinajstić information content (AvgIpc) is 3.60. The summed E-state index contributed by atoms with van der Waals surface area (Å²) < 4.78 is 45.7. The van der Waals surface area contributed by atoms with E-state index in [1.807, 2.05) is 0 Å². The number of nitrogens with one attached hydrogen (secondary N) is 2. The smallest absolute Gasteiger partial charge is 0.423 e. The topological polar surface area (TPSA) is 265 Å². The van der Waals surface area contributed by atoms with Crippen LogP contribution in [0.5, 0.6) is 0 Å². The minimum atomic E-state index is -4.78. The lowest BCUT2D eigenvalue weighted by Gasteiger charge is -2.31. The Morgan fingerprint density at radius 3 is 2.78 bits per heavy atom. The number of halogens is 2. The zero-order valence-corrected chi connectivity index (χ0v) is 28.3. The SMILES string of the molecule is Nc1ncnc2c1ncn2[C@@H]1O[C@H](COS(=O)(=O)NC(=O)O[C@@H]2CCCN[C@H]2CC(=O)Cn2cnc3cc(Br)c(Cl)cc3c2=O)[C@@H](O)[C@H]1O. The van der Waals surface area contributed by atoms with Crippen LogP contribution in [0.25, 0.3) is 22.1 Å². The van der Waals surface area contributed by atoms with Gasteiger partial charge in [0.15, 0.2) is 23.5 Å². The molecule has 4 aromatic rings. The lowest BCUT2D eigenvalue weighted by molar-refractivity contribution is -0.121. The molecule has 22 heteroatoms. The monoisotopic (exact) mass is 785 g/mol. The van der Waals surface area contributed by atoms with Gasteiger partial charge in [0.2, 0.25) is 0 Å². The third-order valence-corrected chi connectivity index (χ3v) is 10.1. The second-order valence-electron chi connectivity index (χ2n) is 11.3. The first-order valence-electron chi connectivity index (χ1n) is 14.7. The number of hydrogen-bond acceptors (Lipinski definition) is 16. The lowest BCUT2D eigenvalue weighted by Crippen LogP contribution is -2.50. The summed E-state index contributed by atoms with van der Waals surface area (Å²) in [6.45, 7) is -0.578. The molecule has 6 atom stereocenters. The van der Waals surface area contributed by atoms with Crippen LogP contribution in [0.3, 0.4) is 0 Å². The molecule has 6 rings (SSSR count). The molecular weight excluding hydrogens is 758 g/mol. The Hall–Kier alpha value is -3.83. The summed E-state index contributed by atoms with van der Waals surface area (Å²) in [5, 5.41) is 24.7. The molecule has 49 heavy (non-hydrogen) atoms. The summed E-state index contributed by atoms with van der Waals surface area (Å²) in [6, 6.07) is 2.38. The van der Waals surface area contributed by atoms with E-state index in [-0.39, 0.29) is 41.1 Å². The van der Waals surface area contributed by atoms with Crippen molar-refractivity contribution in [1.82, 2.24) is 39.1 Å². The normalized spacial score (nSPS) is 24.3. The van der Waals surface area contributed by atoms with Crippen molar-refractivity contribution < 1.29 is 41.9 Å². The van der Waals surface area contributed by atoms with Crippen LogP contribution in [-0.4, -0.2) is 103 Å². The molecule has 0 bridgehead atoms. The summed E-state index contributed by atoms with van der Waals surface area (Å²) in [5.74, 6) is -0.288. The highest BCUT2D eigenvalue weighted by atomic mass is 79.9. The number of Topliss-reactive ketones (excluding diaryl/α,β-unsaturated/α-hetero) is 1. The average molecular weight is 787 g/mol. The molecule has 2 aliphatic rings. The number of hydrogen-bond donors (Lipinski definition) is 5. The number of nitrogens with two attached hydrogens (primary N) is 1. The molecule has 1 amide bonds. The zero-order chi connectivity index (χ0) is 35.0. The van der Waals surface area contributed by atoms with Crippen LogP contribution in [0.1, 0.15) is 25.5 Å². The second-order valence-corrected chi connectivity index (χ2v) is 13.9. The molecule has 0 spiro atoms. The van der Waals surface area contributed by atoms with Gasteiger partial charge >= 0.3 is 16.4 Å². The summed E-state index contributed by atoms with van der Waals surface area (Å²) in [7, 11) is -4.78. The molecule has 2 saturated heterocycles. The Kier molecular flexibility index (Phi) is 10.1. The predicted octanol–water partition coefficient (Wildman–Crippen LogP) is -0.0789. The summed E-state index contributed by atoms with van der Waals surface area (Å²) in [6.07, 6.45) is -3.48. The maximum absolute atomic E-state index is 13.0. The minimum absolute atomic E-state index is 0.0814. The van der Waals surface area contributed by atoms with Crippen molar-refractivity contribution in [2.24, 2.45) is 0 Å². The molecule has 3 aromatic heterocycles.